The lowest BCUT2D eigenvalue weighted by molar-refractivity contribution is 0.234. The Bertz CT molecular complexity index is 753. The molecular weight excluding hydrogens is 312 g/mol. The molecule has 2 heterocycles. The van der Waals surface area contributed by atoms with Gasteiger partial charge in [0.2, 0.25) is 0 Å². The van der Waals surface area contributed by atoms with Crippen LogP contribution in [0.5, 0.6) is 11.5 Å². The molecule has 0 atom stereocenters. The quantitative estimate of drug-likeness (QED) is 0.852. The minimum absolute atomic E-state index is 0.686. The molecule has 0 spiro atoms. The van der Waals surface area contributed by atoms with E-state index in [9.17, 15) is 0 Å². The Labute approximate surface area is 141 Å². The number of benzene rings is 1. The zero-order chi connectivity index (χ0) is 16.4. The van der Waals surface area contributed by atoms with Gasteiger partial charge in [0.15, 0.2) is 16.3 Å². The van der Waals surface area contributed by atoms with Crippen LogP contribution in [0.15, 0.2) is 12.1 Å². The number of hydrogen-bond donors (Lipinski definition) is 1. The summed E-state index contributed by atoms with van der Waals surface area (Å²) in [5, 5.41) is 7.24. The van der Waals surface area contributed by atoms with Crippen molar-refractivity contribution in [3.8, 4) is 11.5 Å². The van der Waals surface area contributed by atoms with E-state index in [1.165, 1.54) is 11.1 Å². The SMILES string of the molecule is CCn1c(CN2CCc3cc(OC)c(OC)cc3C2)n[nH]c1=S. The Morgan fingerprint density at radius 1 is 1.22 bits per heavy atom. The molecule has 3 rings (SSSR count). The molecular formula is C16H22N4O2S. The van der Waals surface area contributed by atoms with Crippen LogP contribution in [-0.4, -0.2) is 40.4 Å². The van der Waals surface area contributed by atoms with Crippen molar-refractivity contribution in [2.45, 2.75) is 33.0 Å². The Kier molecular flexibility index (Phi) is 4.68. The highest BCUT2D eigenvalue weighted by atomic mass is 32.1. The van der Waals surface area contributed by atoms with Gasteiger partial charge >= 0.3 is 0 Å². The van der Waals surface area contributed by atoms with Crippen LogP contribution in [-0.2, 0) is 26.1 Å². The van der Waals surface area contributed by atoms with Crippen LogP contribution in [0.25, 0.3) is 0 Å². The van der Waals surface area contributed by atoms with Crippen LogP contribution >= 0.6 is 12.2 Å². The van der Waals surface area contributed by atoms with E-state index >= 15 is 0 Å². The molecule has 6 nitrogen and oxygen atoms in total. The van der Waals surface area contributed by atoms with Crippen molar-refractivity contribution in [3.63, 3.8) is 0 Å². The molecule has 0 fully saturated rings. The van der Waals surface area contributed by atoms with Gasteiger partial charge in [0.1, 0.15) is 5.82 Å². The molecule has 0 bridgehead atoms. The largest absolute Gasteiger partial charge is 0.493 e. The van der Waals surface area contributed by atoms with E-state index in [1.54, 1.807) is 14.2 Å². The highest BCUT2D eigenvalue weighted by Gasteiger charge is 2.21. The number of rotatable bonds is 5. The number of hydrogen-bond acceptors (Lipinski definition) is 5. The molecule has 1 aromatic heterocycles. The predicted molar refractivity (Wildman–Crippen MR) is 90.4 cm³/mol. The van der Waals surface area contributed by atoms with Crippen molar-refractivity contribution in [1.82, 2.24) is 19.7 Å². The molecule has 1 aliphatic rings. The van der Waals surface area contributed by atoms with Crippen molar-refractivity contribution >= 4 is 12.2 Å². The van der Waals surface area contributed by atoms with Gasteiger partial charge in [-0.05, 0) is 48.8 Å². The molecule has 7 heteroatoms. The average molecular weight is 334 g/mol. The molecule has 2 aromatic rings. The van der Waals surface area contributed by atoms with Gasteiger partial charge in [-0.15, -0.1) is 0 Å². The third kappa shape index (κ3) is 3.11. The van der Waals surface area contributed by atoms with Gasteiger partial charge < -0.3 is 14.0 Å². The number of aromatic amines is 1. The normalized spacial score (nSPS) is 14.6. The summed E-state index contributed by atoms with van der Waals surface area (Å²) in [7, 11) is 3.34. The van der Waals surface area contributed by atoms with E-state index in [0.29, 0.717) is 4.77 Å². The molecule has 0 radical (unpaired) electrons. The fourth-order valence-corrected chi connectivity index (χ4v) is 3.35. The predicted octanol–water partition coefficient (Wildman–Crippen LogP) is 2.54. The van der Waals surface area contributed by atoms with E-state index < -0.39 is 0 Å². The van der Waals surface area contributed by atoms with Crippen molar-refractivity contribution in [1.29, 1.82) is 0 Å². The Balaban J connectivity index is 1.81. The lowest BCUT2D eigenvalue weighted by Gasteiger charge is -2.29. The second-order valence-electron chi connectivity index (χ2n) is 5.63. The van der Waals surface area contributed by atoms with E-state index in [2.05, 4.69) is 34.2 Å². The van der Waals surface area contributed by atoms with Crippen LogP contribution in [0.2, 0.25) is 0 Å². The van der Waals surface area contributed by atoms with Gasteiger partial charge in [0.05, 0.1) is 20.8 Å². The standard InChI is InChI=1S/C16H22N4O2S/c1-4-20-15(17-18-16(20)23)10-19-6-5-11-7-13(21-2)14(22-3)8-12(11)9-19/h7-8H,4-6,9-10H2,1-3H3,(H,18,23). The van der Waals surface area contributed by atoms with E-state index in [0.717, 1.165) is 49.9 Å². The zero-order valence-electron chi connectivity index (χ0n) is 13.8. The second-order valence-corrected chi connectivity index (χ2v) is 6.01. The lowest BCUT2D eigenvalue weighted by Crippen LogP contribution is -2.31. The van der Waals surface area contributed by atoms with Gasteiger partial charge in [-0.2, -0.15) is 5.10 Å². The fraction of sp³-hybridized carbons (Fsp3) is 0.500. The minimum Gasteiger partial charge on any atom is -0.493 e. The molecule has 23 heavy (non-hydrogen) atoms. The molecule has 0 saturated heterocycles. The maximum Gasteiger partial charge on any atom is 0.195 e. The number of nitrogens with zero attached hydrogens (tertiary/aromatic N) is 3. The monoisotopic (exact) mass is 334 g/mol. The average Bonchev–Trinajstić information content (AvgIpc) is 2.93. The van der Waals surface area contributed by atoms with Gasteiger partial charge in [-0.3, -0.25) is 10.00 Å². The summed E-state index contributed by atoms with van der Waals surface area (Å²) in [4.78, 5) is 2.38. The topological polar surface area (TPSA) is 55.3 Å². The highest BCUT2D eigenvalue weighted by molar-refractivity contribution is 7.71. The zero-order valence-corrected chi connectivity index (χ0v) is 14.6. The maximum atomic E-state index is 5.42. The Morgan fingerprint density at radius 3 is 2.57 bits per heavy atom. The summed E-state index contributed by atoms with van der Waals surface area (Å²) in [6.07, 6.45) is 0.993. The van der Waals surface area contributed by atoms with Crippen LogP contribution in [0, 0.1) is 4.77 Å². The summed E-state index contributed by atoms with van der Waals surface area (Å²) >= 11 is 5.26. The lowest BCUT2D eigenvalue weighted by atomic mass is 9.99. The smallest absolute Gasteiger partial charge is 0.195 e. The molecule has 1 aliphatic heterocycles. The molecule has 0 aliphatic carbocycles. The molecule has 0 unspecified atom stereocenters. The first-order chi connectivity index (χ1) is 11.2. The summed E-state index contributed by atoms with van der Waals surface area (Å²) in [6, 6.07) is 4.17. The van der Waals surface area contributed by atoms with E-state index in [4.69, 9.17) is 21.7 Å². The van der Waals surface area contributed by atoms with Crippen LogP contribution in [0.3, 0.4) is 0 Å². The summed E-state index contributed by atoms with van der Waals surface area (Å²) in [5.74, 6) is 2.57. The first kappa shape index (κ1) is 16.0. The number of H-pyrrole nitrogens is 1. The number of fused-ring (bicyclic) bond motifs is 1. The highest BCUT2D eigenvalue weighted by Crippen LogP contribution is 2.33. The number of methoxy groups -OCH3 is 2. The van der Waals surface area contributed by atoms with Gasteiger partial charge in [-0.1, -0.05) is 0 Å². The molecule has 124 valence electrons. The Hall–Kier alpha value is -1.86. The third-order valence-electron chi connectivity index (χ3n) is 4.32. The van der Waals surface area contributed by atoms with Crippen LogP contribution in [0.1, 0.15) is 23.9 Å². The van der Waals surface area contributed by atoms with Gasteiger partial charge in [0.25, 0.3) is 0 Å². The number of aromatic nitrogens is 3. The Morgan fingerprint density at radius 2 is 1.91 bits per heavy atom. The van der Waals surface area contributed by atoms with Gasteiger partial charge in [0, 0.05) is 19.6 Å². The second kappa shape index (κ2) is 6.72. The van der Waals surface area contributed by atoms with Crippen molar-refractivity contribution < 1.29 is 9.47 Å². The molecule has 0 amide bonds. The number of ether oxygens (including phenoxy) is 2. The van der Waals surface area contributed by atoms with Crippen LogP contribution in [0.4, 0.5) is 0 Å². The van der Waals surface area contributed by atoms with E-state index in [1.807, 2.05) is 4.57 Å². The molecule has 1 aromatic carbocycles. The maximum absolute atomic E-state index is 5.42. The first-order valence-corrected chi connectivity index (χ1v) is 8.17. The molecule has 1 N–H and O–H groups in total. The van der Waals surface area contributed by atoms with Crippen molar-refractivity contribution in [2.75, 3.05) is 20.8 Å². The number of nitrogens with one attached hydrogen (secondary N) is 1. The first-order valence-electron chi connectivity index (χ1n) is 7.76. The summed E-state index contributed by atoms with van der Waals surface area (Å²) < 4.78 is 13.5. The third-order valence-corrected chi connectivity index (χ3v) is 4.63. The van der Waals surface area contributed by atoms with Gasteiger partial charge in [-0.25, -0.2) is 0 Å². The van der Waals surface area contributed by atoms with E-state index in [-0.39, 0.29) is 0 Å². The summed E-state index contributed by atoms with van der Waals surface area (Å²) in [5.41, 5.74) is 2.61. The molecule has 0 saturated carbocycles. The van der Waals surface area contributed by atoms with Crippen LogP contribution < -0.4 is 9.47 Å². The minimum atomic E-state index is 0.686. The fourth-order valence-electron chi connectivity index (χ4n) is 3.07. The van der Waals surface area contributed by atoms with Crippen molar-refractivity contribution in [2.24, 2.45) is 0 Å². The summed E-state index contributed by atoms with van der Waals surface area (Å²) in [6.45, 7) is 5.57. The van der Waals surface area contributed by atoms with Crippen molar-refractivity contribution in [3.05, 3.63) is 33.9 Å².